The van der Waals surface area contributed by atoms with Gasteiger partial charge < -0.3 is 4.57 Å². The molecule has 73 valence electrons. The summed E-state index contributed by atoms with van der Waals surface area (Å²) in [6.45, 7) is 3.87. The van der Waals surface area contributed by atoms with Crippen LogP contribution in [0.4, 0.5) is 0 Å². The Labute approximate surface area is 88.2 Å². The summed E-state index contributed by atoms with van der Waals surface area (Å²) in [5, 5.41) is 2.50. The number of aromatic nitrogens is 2. The second-order valence-corrected chi connectivity index (χ2v) is 3.77. The van der Waals surface area contributed by atoms with Gasteiger partial charge in [-0.2, -0.15) is 0 Å². The lowest BCUT2D eigenvalue weighted by Crippen LogP contribution is -1.87. The summed E-state index contributed by atoms with van der Waals surface area (Å²) in [6, 6.07) is 10.4. The maximum atomic E-state index is 4.23. The van der Waals surface area contributed by atoms with Gasteiger partial charge in [0.1, 0.15) is 0 Å². The monoisotopic (exact) mass is 195 g/mol. The molecule has 3 aromatic rings. The Morgan fingerprint density at radius 3 is 2.80 bits per heavy atom. The summed E-state index contributed by atoms with van der Waals surface area (Å²) in [6.07, 6.45) is 1.89. The molecule has 0 amide bonds. The lowest BCUT2D eigenvalue weighted by Gasteiger charge is -1.96. The highest BCUT2D eigenvalue weighted by Crippen LogP contribution is 2.27. The van der Waals surface area contributed by atoms with Crippen molar-refractivity contribution < 1.29 is 0 Å². The second kappa shape index (κ2) is 2.83. The summed E-state index contributed by atoms with van der Waals surface area (Å²) in [7, 11) is 2.06. The minimum Gasteiger partial charge on any atom is -0.342 e. The average Bonchev–Trinajstić information content (AvgIpc) is 2.54. The van der Waals surface area contributed by atoms with Crippen LogP contribution in [0, 0.1) is 6.92 Å². The maximum absolute atomic E-state index is 4.23. The van der Waals surface area contributed by atoms with E-state index < -0.39 is 0 Å². The lowest BCUT2D eigenvalue weighted by atomic mass is 10.2. The van der Waals surface area contributed by atoms with Crippen molar-refractivity contribution in [2.24, 2.45) is 7.05 Å². The van der Waals surface area contributed by atoms with Crippen LogP contribution >= 0.6 is 0 Å². The summed E-state index contributed by atoms with van der Waals surface area (Å²) < 4.78 is 2.16. The van der Waals surface area contributed by atoms with Gasteiger partial charge in [-0.15, -0.1) is 0 Å². The zero-order valence-corrected chi connectivity index (χ0v) is 8.57. The minimum absolute atomic E-state index is 0.818. The molecule has 0 aliphatic heterocycles. The molecule has 0 unspecified atom stereocenters. The van der Waals surface area contributed by atoms with E-state index in [9.17, 15) is 0 Å². The molecule has 0 saturated carbocycles. The van der Waals surface area contributed by atoms with Crippen LogP contribution in [0.1, 0.15) is 5.69 Å². The van der Waals surface area contributed by atoms with Crippen LogP contribution < -0.4 is 0 Å². The van der Waals surface area contributed by atoms with Gasteiger partial charge in [-0.3, -0.25) is 4.98 Å². The molecule has 0 N–H and O–H groups in total. The largest absolute Gasteiger partial charge is 0.342 e. The number of nitrogens with zero attached hydrogens (tertiary/aromatic N) is 2. The van der Waals surface area contributed by atoms with E-state index >= 15 is 0 Å². The molecule has 2 heterocycles. The van der Waals surface area contributed by atoms with E-state index in [4.69, 9.17) is 0 Å². The van der Waals surface area contributed by atoms with Crippen molar-refractivity contribution in [2.45, 2.75) is 0 Å². The summed E-state index contributed by atoms with van der Waals surface area (Å²) in [5.74, 6) is 0. The number of rotatable bonds is 0. The van der Waals surface area contributed by atoms with Crippen LogP contribution in [0.2, 0.25) is 0 Å². The Hall–Kier alpha value is -1.83. The first-order valence-corrected chi connectivity index (χ1v) is 4.92. The van der Waals surface area contributed by atoms with Crippen molar-refractivity contribution >= 4 is 21.8 Å². The highest BCUT2D eigenvalue weighted by atomic mass is 14.9. The molecule has 0 saturated heterocycles. The van der Waals surface area contributed by atoms with Crippen LogP contribution in [0.25, 0.3) is 21.8 Å². The number of hydrogen-bond acceptors (Lipinski definition) is 1. The van der Waals surface area contributed by atoms with E-state index in [0.717, 1.165) is 11.2 Å². The Bertz CT molecular complexity index is 650. The molecular formula is C13H11N2. The van der Waals surface area contributed by atoms with Gasteiger partial charge in [0, 0.05) is 29.0 Å². The molecule has 3 rings (SSSR count). The van der Waals surface area contributed by atoms with Crippen molar-refractivity contribution in [3.05, 3.63) is 49.1 Å². The zero-order valence-electron chi connectivity index (χ0n) is 8.57. The molecule has 0 bridgehead atoms. The van der Waals surface area contributed by atoms with Gasteiger partial charge in [0.25, 0.3) is 0 Å². The quantitative estimate of drug-likeness (QED) is 0.539. The average molecular weight is 195 g/mol. The normalized spacial score (nSPS) is 11.3. The fraction of sp³-hybridized carbons (Fsp3) is 0.0769. The molecule has 0 aliphatic rings. The maximum Gasteiger partial charge on any atom is 0.0675 e. The van der Waals surface area contributed by atoms with Gasteiger partial charge in [-0.05, 0) is 19.1 Å². The Kier molecular flexibility index (Phi) is 1.60. The summed E-state index contributed by atoms with van der Waals surface area (Å²) >= 11 is 0. The van der Waals surface area contributed by atoms with E-state index in [1.807, 2.05) is 12.3 Å². The van der Waals surface area contributed by atoms with Gasteiger partial charge in [0.15, 0.2) is 0 Å². The molecule has 0 aliphatic carbocycles. The van der Waals surface area contributed by atoms with Gasteiger partial charge in [-0.25, -0.2) is 0 Å². The molecule has 0 fully saturated rings. The third-order valence-electron chi connectivity index (χ3n) is 2.86. The zero-order chi connectivity index (χ0) is 10.4. The highest BCUT2D eigenvalue weighted by molar-refractivity contribution is 6.07. The second-order valence-electron chi connectivity index (χ2n) is 3.77. The van der Waals surface area contributed by atoms with Gasteiger partial charge in [-0.1, -0.05) is 18.2 Å². The highest BCUT2D eigenvalue weighted by Gasteiger charge is 2.07. The fourth-order valence-electron chi connectivity index (χ4n) is 2.10. The molecule has 1 radical (unpaired) electrons. The van der Waals surface area contributed by atoms with Crippen molar-refractivity contribution in [3.63, 3.8) is 0 Å². The van der Waals surface area contributed by atoms with Crippen LogP contribution in [0.5, 0.6) is 0 Å². The van der Waals surface area contributed by atoms with Crippen LogP contribution in [0.15, 0.2) is 36.5 Å². The molecule has 2 nitrogen and oxygen atoms in total. The van der Waals surface area contributed by atoms with Crippen molar-refractivity contribution in [2.75, 3.05) is 0 Å². The van der Waals surface area contributed by atoms with Crippen LogP contribution in [-0.2, 0) is 7.05 Å². The molecule has 0 spiro atoms. The van der Waals surface area contributed by atoms with E-state index in [1.54, 1.807) is 0 Å². The van der Waals surface area contributed by atoms with E-state index in [0.29, 0.717) is 0 Å². The van der Waals surface area contributed by atoms with Crippen molar-refractivity contribution in [3.8, 4) is 0 Å². The number of benzene rings is 1. The van der Waals surface area contributed by atoms with E-state index in [-0.39, 0.29) is 0 Å². The topological polar surface area (TPSA) is 17.8 Å². The lowest BCUT2D eigenvalue weighted by molar-refractivity contribution is 1.01. The third kappa shape index (κ3) is 1.08. The number of hydrogen-bond donors (Lipinski definition) is 0. The van der Waals surface area contributed by atoms with Crippen LogP contribution in [-0.4, -0.2) is 9.55 Å². The Balaban J connectivity index is 2.64. The van der Waals surface area contributed by atoms with Crippen LogP contribution in [0.3, 0.4) is 0 Å². The predicted molar refractivity (Wildman–Crippen MR) is 62.7 cm³/mol. The summed E-state index contributed by atoms with van der Waals surface area (Å²) in [5.41, 5.74) is 3.21. The first kappa shape index (κ1) is 8.48. The van der Waals surface area contributed by atoms with E-state index in [2.05, 4.69) is 47.8 Å². The first-order chi connectivity index (χ1) is 7.27. The van der Waals surface area contributed by atoms with E-state index in [1.165, 1.54) is 16.3 Å². The SMILES string of the molecule is [CH2]c1cc2c3ccccc3n(C)c2cn1. The predicted octanol–water partition coefficient (Wildman–Crippen LogP) is 2.91. The number of aryl methyl sites for hydroxylation is 1. The summed E-state index contributed by atoms with van der Waals surface area (Å²) in [4.78, 5) is 4.23. The molecular weight excluding hydrogens is 184 g/mol. The Morgan fingerprint density at radius 2 is 1.93 bits per heavy atom. The molecule has 1 aromatic carbocycles. The smallest absolute Gasteiger partial charge is 0.0675 e. The van der Waals surface area contributed by atoms with Gasteiger partial charge in [0.05, 0.1) is 11.7 Å². The molecule has 15 heavy (non-hydrogen) atoms. The van der Waals surface area contributed by atoms with Gasteiger partial charge >= 0.3 is 0 Å². The first-order valence-electron chi connectivity index (χ1n) is 4.92. The third-order valence-corrected chi connectivity index (χ3v) is 2.86. The molecule has 0 atom stereocenters. The number of fused-ring (bicyclic) bond motifs is 3. The minimum atomic E-state index is 0.818. The molecule has 2 aromatic heterocycles. The Morgan fingerprint density at radius 1 is 1.13 bits per heavy atom. The van der Waals surface area contributed by atoms with Gasteiger partial charge in [0.2, 0.25) is 0 Å². The standard InChI is InChI=1S/C13H11N2/c1-9-7-11-10-5-3-4-6-12(10)15(2)13(11)8-14-9/h3-8H,1H2,2H3. The molecule has 2 heteroatoms. The van der Waals surface area contributed by atoms with Crippen molar-refractivity contribution in [1.82, 2.24) is 9.55 Å². The van der Waals surface area contributed by atoms with Crippen molar-refractivity contribution in [1.29, 1.82) is 0 Å². The number of para-hydroxylation sites is 1. The fourth-order valence-corrected chi connectivity index (χ4v) is 2.10. The number of pyridine rings is 1.